The standard InChI is InChI=1S/C14H9BrO2/c15-13-12-8-10(9-4-2-1-3-5-9)6-7-11(12)14(16)17-13/h1-8,13H. The van der Waals surface area contributed by atoms with Crippen LogP contribution in [0, 0.1) is 0 Å². The molecule has 2 nitrogen and oxygen atoms in total. The Balaban J connectivity index is 2.11. The highest BCUT2D eigenvalue weighted by Crippen LogP contribution is 2.37. The lowest BCUT2D eigenvalue weighted by Crippen LogP contribution is -1.93. The Labute approximate surface area is 107 Å². The maximum Gasteiger partial charge on any atom is 0.340 e. The predicted molar refractivity (Wildman–Crippen MR) is 69.0 cm³/mol. The zero-order valence-electron chi connectivity index (χ0n) is 8.89. The Morgan fingerprint density at radius 3 is 2.53 bits per heavy atom. The van der Waals surface area contributed by atoms with Crippen molar-refractivity contribution in [2.45, 2.75) is 5.01 Å². The summed E-state index contributed by atoms with van der Waals surface area (Å²) in [5, 5.41) is -0.325. The van der Waals surface area contributed by atoms with Gasteiger partial charge in [0.05, 0.1) is 5.56 Å². The molecule has 0 N–H and O–H groups in total. The van der Waals surface area contributed by atoms with E-state index in [1.54, 1.807) is 0 Å². The summed E-state index contributed by atoms with van der Waals surface area (Å²) in [4.78, 5) is 11.5. The third-order valence-corrected chi connectivity index (χ3v) is 3.51. The number of carbonyl (C=O) groups excluding carboxylic acids is 1. The fourth-order valence-electron chi connectivity index (χ4n) is 1.97. The van der Waals surface area contributed by atoms with E-state index in [1.165, 1.54) is 0 Å². The number of benzene rings is 2. The van der Waals surface area contributed by atoms with E-state index in [1.807, 2.05) is 48.5 Å². The van der Waals surface area contributed by atoms with Crippen LogP contribution >= 0.6 is 15.9 Å². The second-order valence-corrected chi connectivity index (χ2v) is 4.72. The second kappa shape index (κ2) is 4.00. The average molecular weight is 289 g/mol. The van der Waals surface area contributed by atoms with Crippen molar-refractivity contribution in [3.05, 3.63) is 59.7 Å². The van der Waals surface area contributed by atoms with Gasteiger partial charge in [-0.15, -0.1) is 0 Å². The summed E-state index contributed by atoms with van der Waals surface area (Å²) in [6.45, 7) is 0. The summed E-state index contributed by atoms with van der Waals surface area (Å²) in [7, 11) is 0. The highest BCUT2D eigenvalue weighted by molar-refractivity contribution is 9.09. The number of cyclic esters (lactones) is 1. The zero-order valence-corrected chi connectivity index (χ0v) is 10.5. The molecule has 0 spiro atoms. The molecule has 1 atom stereocenters. The smallest absolute Gasteiger partial charge is 0.340 e. The molecule has 0 amide bonds. The van der Waals surface area contributed by atoms with Crippen LogP contribution in [0.2, 0.25) is 0 Å². The summed E-state index contributed by atoms with van der Waals surface area (Å²) in [6, 6.07) is 15.8. The van der Waals surface area contributed by atoms with Gasteiger partial charge >= 0.3 is 5.97 Å². The number of hydrogen-bond acceptors (Lipinski definition) is 2. The first kappa shape index (κ1) is 10.5. The number of ether oxygens (including phenoxy) is 1. The summed E-state index contributed by atoms with van der Waals surface area (Å²) in [5.41, 5.74) is 3.77. The van der Waals surface area contributed by atoms with Gasteiger partial charge in [-0.3, -0.25) is 0 Å². The van der Waals surface area contributed by atoms with E-state index in [4.69, 9.17) is 4.74 Å². The van der Waals surface area contributed by atoms with Crippen molar-refractivity contribution in [3.8, 4) is 11.1 Å². The molecule has 2 aromatic rings. The van der Waals surface area contributed by atoms with Crippen molar-refractivity contribution in [3.63, 3.8) is 0 Å². The van der Waals surface area contributed by atoms with Gasteiger partial charge in [0.15, 0.2) is 5.01 Å². The van der Waals surface area contributed by atoms with Crippen LogP contribution in [0.3, 0.4) is 0 Å². The first-order chi connectivity index (χ1) is 8.25. The Bertz CT molecular complexity index is 578. The van der Waals surface area contributed by atoms with E-state index >= 15 is 0 Å². The van der Waals surface area contributed by atoms with E-state index < -0.39 is 0 Å². The molecule has 84 valence electrons. The Hall–Kier alpha value is -1.61. The lowest BCUT2D eigenvalue weighted by atomic mass is 10.0. The molecule has 1 aliphatic heterocycles. The molecule has 1 unspecified atom stereocenters. The van der Waals surface area contributed by atoms with Crippen molar-refractivity contribution < 1.29 is 9.53 Å². The highest BCUT2D eigenvalue weighted by atomic mass is 79.9. The van der Waals surface area contributed by atoms with Crippen LogP contribution in [0.4, 0.5) is 0 Å². The normalized spacial score (nSPS) is 17.7. The minimum absolute atomic E-state index is 0.263. The Kier molecular flexibility index (Phi) is 2.48. The molecule has 1 heterocycles. The SMILES string of the molecule is O=C1OC(Br)c2cc(-c3ccccc3)ccc21. The third-order valence-electron chi connectivity index (χ3n) is 2.83. The van der Waals surface area contributed by atoms with Crippen molar-refractivity contribution in [1.29, 1.82) is 0 Å². The van der Waals surface area contributed by atoms with Gasteiger partial charge < -0.3 is 4.74 Å². The molecular formula is C14H9BrO2. The highest BCUT2D eigenvalue weighted by Gasteiger charge is 2.28. The number of hydrogen-bond donors (Lipinski definition) is 0. The molecule has 0 radical (unpaired) electrons. The molecule has 0 saturated heterocycles. The van der Waals surface area contributed by atoms with Gasteiger partial charge in [0, 0.05) is 5.56 Å². The molecule has 3 heteroatoms. The van der Waals surface area contributed by atoms with Crippen LogP contribution in [0.1, 0.15) is 20.9 Å². The van der Waals surface area contributed by atoms with Crippen molar-refractivity contribution >= 4 is 21.9 Å². The maximum atomic E-state index is 11.5. The van der Waals surface area contributed by atoms with Gasteiger partial charge in [0.1, 0.15) is 0 Å². The van der Waals surface area contributed by atoms with E-state index in [0.717, 1.165) is 16.7 Å². The van der Waals surface area contributed by atoms with Crippen molar-refractivity contribution in [2.75, 3.05) is 0 Å². The van der Waals surface area contributed by atoms with Gasteiger partial charge in [-0.05, 0) is 39.2 Å². The van der Waals surface area contributed by atoms with E-state index in [2.05, 4.69) is 15.9 Å². The Morgan fingerprint density at radius 1 is 1.00 bits per heavy atom. The molecular weight excluding hydrogens is 280 g/mol. The van der Waals surface area contributed by atoms with Gasteiger partial charge in [-0.25, -0.2) is 4.79 Å². The molecule has 0 bridgehead atoms. The second-order valence-electron chi connectivity index (χ2n) is 3.89. The molecule has 0 aliphatic carbocycles. The largest absolute Gasteiger partial charge is 0.442 e. The molecule has 0 aromatic heterocycles. The number of alkyl halides is 1. The van der Waals surface area contributed by atoms with E-state index in [9.17, 15) is 4.79 Å². The number of carbonyl (C=O) groups is 1. The van der Waals surface area contributed by atoms with Crippen molar-refractivity contribution in [2.24, 2.45) is 0 Å². The Morgan fingerprint density at radius 2 is 1.76 bits per heavy atom. The van der Waals surface area contributed by atoms with Crippen LogP contribution in [0.15, 0.2) is 48.5 Å². The van der Waals surface area contributed by atoms with Gasteiger partial charge in [-0.2, -0.15) is 0 Å². The first-order valence-electron chi connectivity index (χ1n) is 5.30. The zero-order chi connectivity index (χ0) is 11.8. The lowest BCUT2D eigenvalue weighted by molar-refractivity contribution is 0.0530. The minimum atomic E-state index is -0.325. The maximum absolute atomic E-state index is 11.5. The quantitative estimate of drug-likeness (QED) is 0.587. The number of rotatable bonds is 1. The summed E-state index contributed by atoms with van der Waals surface area (Å²) < 4.78 is 5.10. The molecule has 17 heavy (non-hydrogen) atoms. The fourth-order valence-corrected chi connectivity index (χ4v) is 2.52. The monoisotopic (exact) mass is 288 g/mol. The number of fused-ring (bicyclic) bond motifs is 1. The summed E-state index contributed by atoms with van der Waals surface area (Å²) in [6.07, 6.45) is 0. The van der Waals surface area contributed by atoms with Crippen LogP contribution in [0.25, 0.3) is 11.1 Å². The van der Waals surface area contributed by atoms with Crippen LogP contribution in [-0.4, -0.2) is 5.97 Å². The lowest BCUT2D eigenvalue weighted by Gasteiger charge is -2.04. The van der Waals surface area contributed by atoms with E-state index in [-0.39, 0.29) is 11.0 Å². The van der Waals surface area contributed by atoms with Crippen molar-refractivity contribution in [1.82, 2.24) is 0 Å². The number of halogens is 1. The number of esters is 1. The van der Waals surface area contributed by atoms with Crippen LogP contribution in [-0.2, 0) is 4.74 Å². The van der Waals surface area contributed by atoms with Gasteiger partial charge in [0.2, 0.25) is 0 Å². The topological polar surface area (TPSA) is 26.3 Å². The molecule has 1 aliphatic rings. The molecule has 0 saturated carbocycles. The summed E-state index contributed by atoms with van der Waals surface area (Å²) in [5.74, 6) is -0.263. The average Bonchev–Trinajstić information content (AvgIpc) is 2.66. The molecule has 2 aromatic carbocycles. The first-order valence-corrected chi connectivity index (χ1v) is 6.22. The van der Waals surface area contributed by atoms with E-state index in [0.29, 0.717) is 5.56 Å². The van der Waals surface area contributed by atoms with Gasteiger partial charge in [-0.1, -0.05) is 36.4 Å². The fraction of sp³-hybridized carbons (Fsp3) is 0.0714. The summed E-state index contributed by atoms with van der Waals surface area (Å²) >= 11 is 3.34. The molecule has 0 fully saturated rings. The van der Waals surface area contributed by atoms with Crippen LogP contribution in [0.5, 0.6) is 0 Å². The molecule has 3 rings (SSSR count). The predicted octanol–water partition coefficient (Wildman–Crippen LogP) is 3.92. The minimum Gasteiger partial charge on any atom is -0.442 e. The van der Waals surface area contributed by atoms with Crippen LogP contribution < -0.4 is 0 Å². The third kappa shape index (κ3) is 1.76. The van der Waals surface area contributed by atoms with Gasteiger partial charge in [0.25, 0.3) is 0 Å².